The van der Waals surface area contributed by atoms with Gasteiger partial charge in [0.15, 0.2) is 0 Å². The molecule has 1 aliphatic rings. The Kier molecular flexibility index (Phi) is 6.33. The summed E-state index contributed by atoms with van der Waals surface area (Å²) in [4.78, 5) is 37.8. The van der Waals surface area contributed by atoms with Gasteiger partial charge in [-0.3, -0.25) is 19.3 Å². The number of aryl methyl sites for hydroxylation is 2. The average molecular weight is 429 g/mol. The molecule has 158 valence electrons. The predicted molar refractivity (Wildman–Crippen MR) is 111 cm³/mol. The van der Waals surface area contributed by atoms with Gasteiger partial charge in [-0.15, -0.1) is 0 Å². The molecule has 1 heterocycles. The minimum atomic E-state index is -3.67. The van der Waals surface area contributed by atoms with Gasteiger partial charge in [0.1, 0.15) is 0 Å². The van der Waals surface area contributed by atoms with Gasteiger partial charge in [0.2, 0.25) is 15.9 Å². The fraction of sp³-hybridized carbons (Fsp3) is 0.286. The van der Waals surface area contributed by atoms with Crippen molar-refractivity contribution in [3.8, 4) is 0 Å². The molecule has 8 nitrogen and oxygen atoms in total. The normalized spacial score (nSPS) is 13.5. The van der Waals surface area contributed by atoms with Gasteiger partial charge >= 0.3 is 0 Å². The third kappa shape index (κ3) is 4.58. The molecule has 0 saturated carbocycles. The minimum Gasteiger partial charge on any atom is -0.355 e. The number of hydrogen-bond acceptors (Lipinski definition) is 5. The first-order valence-corrected chi connectivity index (χ1v) is 11.0. The Balaban J connectivity index is 1.44. The second-order valence-electron chi connectivity index (χ2n) is 7.05. The summed E-state index contributed by atoms with van der Waals surface area (Å²) in [5.74, 6) is -1.20. The van der Waals surface area contributed by atoms with Gasteiger partial charge in [-0.25, -0.2) is 13.1 Å². The number of hydrogen-bond donors (Lipinski definition) is 2. The molecule has 0 aromatic heterocycles. The first-order valence-electron chi connectivity index (χ1n) is 9.49. The zero-order valence-corrected chi connectivity index (χ0v) is 17.6. The molecule has 0 bridgehead atoms. The molecule has 1 aliphatic heterocycles. The van der Waals surface area contributed by atoms with Crippen LogP contribution in [0.4, 0.5) is 0 Å². The lowest BCUT2D eigenvalue weighted by Gasteiger charge is -2.13. The van der Waals surface area contributed by atoms with Gasteiger partial charge in [-0.1, -0.05) is 18.2 Å². The van der Waals surface area contributed by atoms with Crippen molar-refractivity contribution in [2.45, 2.75) is 25.2 Å². The molecule has 2 N–H and O–H groups in total. The molecule has 3 rings (SSSR count). The van der Waals surface area contributed by atoms with Crippen LogP contribution in [0.3, 0.4) is 0 Å². The lowest BCUT2D eigenvalue weighted by molar-refractivity contribution is -0.121. The summed E-state index contributed by atoms with van der Waals surface area (Å²) < 4.78 is 27.1. The zero-order chi connectivity index (χ0) is 21.9. The highest BCUT2D eigenvalue weighted by molar-refractivity contribution is 7.89. The van der Waals surface area contributed by atoms with Crippen LogP contribution in [0.2, 0.25) is 0 Å². The number of carbonyl (C=O) groups is 3. The summed E-state index contributed by atoms with van der Waals surface area (Å²) in [5.41, 5.74) is 2.55. The molecule has 0 atom stereocenters. The van der Waals surface area contributed by atoms with Crippen LogP contribution in [0.5, 0.6) is 0 Å². The molecule has 0 spiro atoms. The van der Waals surface area contributed by atoms with Gasteiger partial charge < -0.3 is 5.32 Å². The number of imide groups is 1. The van der Waals surface area contributed by atoms with Crippen molar-refractivity contribution >= 4 is 27.7 Å². The van der Waals surface area contributed by atoms with Crippen molar-refractivity contribution in [3.05, 3.63) is 64.7 Å². The van der Waals surface area contributed by atoms with Crippen molar-refractivity contribution < 1.29 is 22.8 Å². The molecule has 3 amide bonds. The van der Waals surface area contributed by atoms with Crippen LogP contribution >= 0.6 is 0 Å². The van der Waals surface area contributed by atoms with E-state index in [2.05, 4.69) is 10.0 Å². The number of rotatable bonds is 8. The zero-order valence-electron chi connectivity index (χ0n) is 16.8. The average Bonchev–Trinajstić information content (AvgIpc) is 2.96. The van der Waals surface area contributed by atoms with Gasteiger partial charge in [-0.05, 0) is 49.2 Å². The van der Waals surface area contributed by atoms with E-state index in [1.165, 1.54) is 6.07 Å². The third-order valence-corrected chi connectivity index (χ3v) is 6.43. The van der Waals surface area contributed by atoms with Gasteiger partial charge in [0, 0.05) is 26.1 Å². The second-order valence-corrected chi connectivity index (χ2v) is 8.82. The molecular weight excluding hydrogens is 406 g/mol. The molecule has 30 heavy (non-hydrogen) atoms. The van der Waals surface area contributed by atoms with E-state index in [0.717, 1.165) is 16.0 Å². The maximum absolute atomic E-state index is 12.3. The Morgan fingerprint density at radius 1 is 0.933 bits per heavy atom. The lowest BCUT2D eigenvalue weighted by atomic mass is 10.1. The van der Waals surface area contributed by atoms with E-state index in [-0.39, 0.29) is 36.9 Å². The first kappa shape index (κ1) is 21.7. The number of nitrogens with zero attached hydrogens (tertiary/aromatic N) is 1. The van der Waals surface area contributed by atoms with E-state index in [1.807, 2.05) is 13.8 Å². The fourth-order valence-electron chi connectivity index (χ4n) is 3.10. The summed E-state index contributed by atoms with van der Waals surface area (Å²) in [6.45, 7) is 3.81. The highest BCUT2D eigenvalue weighted by atomic mass is 32.2. The first-order chi connectivity index (χ1) is 14.2. The maximum atomic E-state index is 12.3. The van der Waals surface area contributed by atoms with Gasteiger partial charge in [0.05, 0.1) is 16.0 Å². The Bertz CT molecular complexity index is 1080. The highest BCUT2D eigenvalue weighted by Crippen LogP contribution is 2.22. The number of fused-ring (bicyclic) bond motifs is 1. The Hall–Kier alpha value is -3.04. The van der Waals surface area contributed by atoms with E-state index < -0.39 is 21.8 Å². The van der Waals surface area contributed by atoms with Crippen molar-refractivity contribution in [3.63, 3.8) is 0 Å². The van der Waals surface area contributed by atoms with Gasteiger partial charge in [0.25, 0.3) is 11.8 Å². The van der Waals surface area contributed by atoms with Crippen LogP contribution in [0.25, 0.3) is 0 Å². The monoisotopic (exact) mass is 429 g/mol. The molecule has 0 aliphatic carbocycles. The van der Waals surface area contributed by atoms with E-state index in [0.29, 0.717) is 11.1 Å². The molecule has 2 aromatic rings. The van der Waals surface area contributed by atoms with Crippen LogP contribution in [0.15, 0.2) is 47.4 Å². The summed E-state index contributed by atoms with van der Waals surface area (Å²) in [6, 6.07) is 11.4. The Morgan fingerprint density at radius 2 is 1.57 bits per heavy atom. The van der Waals surface area contributed by atoms with Crippen LogP contribution in [-0.4, -0.2) is 50.7 Å². The Morgan fingerprint density at radius 3 is 2.17 bits per heavy atom. The van der Waals surface area contributed by atoms with E-state index in [1.54, 1.807) is 36.4 Å². The molecular formula is C21H23N3O5S. The van der Waals surface area contributed by atoms with Crippen molar-refractivity contribution in [2.24, 2.45) is 0 Å². The smallest absolute Gasteiger partial charge is 0.261 e. The lowest BCUT2D eigenvalue weighted by Crippen LogP contribution is -2.37. The molecule has 0 unspecified atom stereocenters. The van der Waals surface area contributed by atoms with E-state index in [9.17, 15) is 22.8 Å². The summed E-state index contributed by atoms with van der Waals surface area (Å²) in [5, 5.41) is 2.59. The van der Waals surface area contributed by atoms with E-state index in [4.69, 9.17) is 0 Å². The number of sulfonamides is 1. The summed E-state index contributed by atoms with van der Waals surface area (Å²) in [7, 11) is -3.67. The molecule has 0 fully saturated rings. The summed E-state index contributed by atoms with van der Waals surface area (Å²) >= 11 is 0. The molecule has 2 aromatic carbocycles. The standard InChI is InChI=1S/C21H23N3O5S/c1-14-7-8-16(13-15(14)2)30(28,29)23-11-10-22-19(25)9-12-24-20(26)17-5-3-4-6-18(17)21(24)27/h3-8,13,23H,9-12H2,1-2H3,(H,22,25). The van der Waals surface area contributed by atoms with Crippen molar-refractivity contribution in [1.29, 1.82) is 0 Å². The highest BCUT2D eigenvalue weighted by Gasteiger charge is 2.34. The van der Waals surface area contributed by atoms with Gasteiger partial charge in [-0.2, -0.15) is 0 Å². The second kappa shape index (κ2) is 8.76. The number of amides is 3. The fourth-order valence-corrected chi connectivity index (χ4v) is 4.21. The predicted octanol–water partition coefficient (Wildman–Crippen LogP) is 1.38. The number of carbonyl (C=O) groups excluding carboxylic acids is 3. The SMILES string of the molecule is Cc1ccc(S(=O)(=O)NCCNC(=O)CCN2C(=O)c3ccccc3C2=O)cc1C. The topological polar surface area (TPSA) is 113 Å². The quantitative estimate of drug-likeness (QED) is 0.486. The minimum absolute atomic E-state index is 0.0218. The maximum Gasteiger partial charge on any atom is 0.261 e. The summed E-state index contributed by atoms with van der Waals surface area (Å²) in [6.07, 6.45) is -0.0601. The van der Waals surface area contributed by atoms with Crippen LogP contribution in [0, 0.1) is 13.8 Å². The molecule has 0 saturated heterocycles. The molecule has 0 radical (unpaired) electrons. The number of nitrogens with one attached hydrogen (secondary N) is 2. The van der Waals surface area contributed by atoms with Crippen LogP contribution in [-0.2, 0) is 14.8 Å². The van der Waals surface area contributed by atoms with Crippen LogP contribution in [0.1, 0.15) is 38.3 Å². The number of benzene rings is 2. The third-order valence-electron chi connectivity index (χ3n) is 4.97. The Labute approximate surface area is 175 Å². The van der Waals surface area contributed by atoms with E-state index >= 15 is 0 Å². The largest absolute Gasteiger partial charge is 0.355 e. The van der Waals surface area contributed by atoms with Crippen molar-refractivity contribution in [2.75, 3.05) is 19.6 Å². The van der Waals surface area contributed by atoms with Crippen molar-refractivity contribution in [1.82, 2.24) is 14.9 Å². The van der Waals surface area contributed by atoms with Crippen LogP contribution < -0.4 is 10.0 Å². The molecule has 9 heteroatoms.